The van der Waals surface area contributed by atoms with Crippen LogP contribution in [0.2, 0.25) is 0 Å². The van der Waals surface area contributed by atoms with Crippen LogP contribution >= 0.6 is 0 Å². The summed E-state index contributed by atoms with van der Waals surface area (Å²) in [6.45, 7) is 5.84. The zero-order valence-electron chi connectivity index (χ0n) is 11.7. The lowest BCUT2D eigenvalue weighted by molar-refractivity contribution is 0.782. The second kappa shape index (κ2) is 6.29. The van der Waals surface area contributed by atoms with Crippen LogP contribution in [0.5, 0.6) is 0 Å². The fourth-order valence-corrected chi connectivity index (χ4v) is 2.08. The molecule has 0 aliphatic carbocycles. The van der Waals surface area contributed by atoms with Gasteiger partial charge < -0.3 is 10.2 Å². The van der Waals surface area contributed by atoms with Gasteiger partial charge in [0, 0.05) is 18.8 Å². The Morgan fingerprint density at radius 1 is 1.16 bits per heavy atom. The number of hydrogen-bond acceptors (Lipinski definition) is 4. The van der Waals surface area contributed by atoms with Crippen LogP contribution in [-0.4, -0.2) is 23.6 Å². The zero-order valence-corrected chi connectivity index (χ0v) is 11.7. The highest BCUT2D eigenvalue weighted by atomic mass is 15.2. The van der Waals surface area contributed by atoms with Crippen molar-refractivity contribution in [1.29, 1.82) is 0 Å². The summed E-state index contributed by atoms with van der Waals surface area (Å²) in [4.78, 5) is 11.1. The highest BCUT2D eigenvalue weighted by Gasteiger charge is 2.10. The lowest BCUT2D eigenvalue weighted by atomic mass is 10.2. The van der Waals surface area contributed by atoms with E-state index in [1.165, 1.54) is 11.3 Å². The Labute approximate surface area is 114 Å². The van der Waals surface area contributed by atoms with E-state index in [0.717, 1.165) is 24.6 Å². The van der Waals surface area contributed by atoms with Crippen LogP contribution < -0.4 is 10.2 Å². The Morgan fingerprint density at radius 2 is 1.95 bits per heavy atom. The van der Waals surface area contributed by atoms with E-state index in [-0.39, 0.29) is 0 Å². The number of rotatable bonds is 5. The lowest BCUT2D eigenvalue weighted by Crippen LogP contribution is -2.19. The maximum absolute atomic E-state index is 4.51. The molecule has 0 aliphatic heterocycles. The third-order valence-electron chi connectivity index (χ3n) is 3.05. The van der Waals surface area contributed by atoms with Gasteiger partial charge in [-0.15, -0.1) is 0 Å². The second-order valence-corrected chi connectivity index (χ2v) is 4.43. The topological polar surface area (TPSA) is 41.1 Å². The minimum Gasteiger partial charge on any atom is -0.325 e. The number of aryl methyl sites for hydroxylation is 1. The van der Waals surface area contributed by atoms with Crippen molar-refractivity contribution in [3.8, 4) is 0 Å². The van der Waals surface area contributed by atoms with Crippen molar-refractivity contribution < 1.29 is 0 Å². The van der Waals surface area contributed by atoms with Crippen LogP contribution in [0.25, 0.3) is 0 Å². The Kier molecular flexibility index (Phi) is 4.47. The molecule has 0 atom stereocenters. The Balaban J connectivity index is 2.29. The fourth-order valence-electron chi connectivity index (χ4n) is 2.08. The predicted molar refractivity (Wildman–Crippen MR) is 78.7 cm³/mol. The van der Waals surface area contributed by atoms with Crippen molar-refractivity contribution in [2.75, 3.05) is 18.5 Å². The van der Waals surface area contributed by atoms with Gasteiger partial charge in [-0.1, -0.05) is 18.2 Å². The first-order valence-corrected chi connectivity index (χ1v) is 6.55. The summed E-state index contributed by atoms with van der Waals surface area (Å²) < 4.78 is 0. The van der Waals surface area contributed by atoms with E-state index in [1.807, 2.05) is 31.6 Å². The van der Waals surface area contributed by atoms with Crippen molar-refractivity contribution in [2.24, 2.45) is 0 Å². The molecular formula is C15H20N4. The summed E-state index contributed by atoms with van der Waals surface area (Å²) in [5, 5.41) is 3.07. The molecule has 1 aromatic heterocycles. The zero-order chi connectivity index (χ0) is 13.7. The van der Waals surface area contributed by atoms with Gasteiger partial charge in [-0.05, 0) is 32.5 Å². The number of hydrogen-bond donors (Lipinski definition) is 1. The van der Waals surface area contributed by atoms with Crippen molar-refractivity contribution in [2.45, 2.75) is 20.4 Å². The van der Waals surface area contributed by atoms with Crippen molar-refractivity contribution in [1.82, 2.24) is 15.3 Å². The van der Waals surface area contributed by atoms with E-state index in [4.69, 9.17) is 0 Å². The van der Waals surface area contributed by atoms with Gasteiger partial charge in [0.25, 0.3) is 0 Å². The molecule has 0 saturated heterocycles. The molecule has 100 valence electrons. The molecule has 19 heavy (non-hydrogen) atoms. The van der Waals surface area contributed by atoms with Crippen LogP contribution in [0.1, 0.15) is 18.2 Å². The first kappa shape index (κ1) is 13.5. The number of aromatic nitrogens is 2. The second-order valence-electron chi connectivity index (χ2n) is 4.43. The number of para-hydroxylation sites is 1. The molecule has 4 heteroatoms. The van der Waals surface area contributed by atoms with E-state index in [0.29, 0.717) is 0 Å². The first-order chi connectivity index (χ1) is 9.26. The third kappa shape index (κ3) is 3.09. The summed E-state index contributed by atoms with van der Waals surface area (Å²) in [5.74, 6) is 0.886. The Morgan fingerprint density at radius 3 is 2.53 bits per heavy atom. The molecule has 4 nitrogen and oxygen atoms in total. The van der Waals surface area contributed by atoms with Gasteiger partial charge in [0.15, 0.2) is 5.82 Å². The normalized spacial score (nSPS) is 10.5. The maximum atomic E-state index is 4.51. The van der Waals surface area contributed by atoms with Crippen molar-refractivity contribution in [3.63, 3.8) is 0 Å². The van der Waals surface area contributed by atoms with Crippen LogP contribution in [0.4, 0.5) is 11.5 Å². The summed E-state index contributed by atoms with van der Waals surface area (Å²) in [6.07, 6.45) is 3.66. The molecule has 0 bridgehead atoms. The van der Waals surface area contributed by atoms with Crippen LogP contribution in [0, 0.1) is 6.92 Å². The van der Waals surface area contributed by atoms with E-state index < -0.39 is 0 Å². The largest absolute Gasteiger partial charge is 0.325 e. The van der Waals surface area contributed by atoms with Gasteiger partial charge in [-0.25, -0.2) is 4.98 Å². The Bertz CT molecular complexity index is 522. The molecule has 2 rings (SSSR count). The third-order valence-corrected chi connectivity index (χ3v) is 3.05. The molecule has 0 radical (unpaired) electrons. The van der Waals surface area contributed by atoms with Crippen LogP contribution in [-0.2, 0) is 6.54 Å². The average Bonchev–Trinajstić information content (AvgIpc) is 2.44. The van der Waals surface area contributed by atoms with E-state index in [9.17, 15) is 0 Å². The van der Waals surface area contributed by atoms with Crippen molar-refractivity contribution in [3.05, 3.63) is 47.9 Å². The van der Waals surface area contributed by atoms with Crippen LogP contribution in [0.3, 0.4) is 0 Å². The van der Waals surface area contributed by atoms with Gasteiger partial charge in [0.2, 0.25) is 0 Å². The molecule has 0 unspecified atom stereocenters. The standard InChI is InChI=1S/C15H20N4/c1-4-19(14-8-6-5-7-12(14)2)15-11-17-13(9-16-3)10-18-15/h5-8,10-11,16H,4,9H2,1-3H3. The maximum Gasteiger partial charge on any atom is 0.151 e. The smallest absolute Gasteiger partial charge is 0.151 e. The molecular weight excluding hydrogens is 236 g/mol. The van der Waals surface area contributed by atoms with E-state index in [1.54, 1.807) is 0 Å². The Hall–Kier alpha value is -1.94. The molecule has 0 saturated carbocycles. The molecule has 0 spiro atoms. The van der Waals surface area contributed by atoms with Crippen LogP contribution in [0.15, 0.2) is 36.7 Å². The van der Waals surface area contributed by atoms with Gasteiger partial charge in [0.1, 0.15) is 0 Å². The van der Waals surface area contributed by atoms with Gasteiger partial charge >= 0.3 is 0 Å². The molecule has 1 aromatic carbocycles. The molecule has 0 aliphatic rings. The number of benzene rings is 1. The molecule has 1 heterocycles. The van der Waals surface area contributed by atoms with E-state index >= 15 is 0 Å². The first-order valence-electron chi connectivity index (χ1n) is 6.55. The summed E-state index contributed by atoms with van der Waals surface area (Å²) in [7, 11) is 1.90. The number of nitrogens with zero attached hydrogens (tertiary/aromatic N) is 3. The SMILES string of the molecule is CCN(c1cnc(CNC)cn1)c1ccccc1C. The van der Waals surface area contributed by atoms with Gasteiger partial charge in [0.05, 0.1) is 18.1 Å². The molecule has 1 N–H and O–H groups in total. The molecule has 0 amide bonds. The van der Waals surface area contributed by atoms with E-state index in [2.05, 4.69) is 46.2 Å². The predicted octanol–water partition coefficient (Wildman–Crippen LogP) is 2.66. The van der Waals surface area contributed by atoms with Crippen molar-refractivity contribution >= 4 is 11.5 Å². The highest BCUT2D eigenvalue weighted by Crippen LogP contribution is 2.25. The number of nitrogens with one attached hydrogen (secondary N) is 1. The monoisotopic (exact) mass is 256 g/mol. The minimum atomic E-state index is 0.740. The minimum absolute atomic E-state index is 0.740. The summed E-state index contributed by atoms with van der Waals surface area (Å²) in [5.41, 5.74) is 3.37. The van der Waals surface area contributed by atoms with Gasteiger partial charge in [-0.3, -0.25) is 4.98 Å². The molecule has 0 fully saturated rings. The average molecular weight is 256 g/mol. The van der Waals surface area contributed by atoms with Gasteiger partial charge in [-0.2, -0.15) is 0 Å². The fraction of sp³-hybridized carbons (Fsp3) is 0.333. The number of anilines is 2. The quantitative estimate of drug-likeness (QED) is 0.893. The lowest BCUT2D eigenvalue weighted by Gasteiger charge is -2.23. The summed E-state index contributed by atoms with van der Waals surface area (Å²) in [6, 6.07) is 8.32. The summed E-state index contributed by atoms with van der Waals surface area (Å²) >= 11 is 0. The molecule has 2 aromatic rings. The highest BCUT2D eigenvalue weighted by molar-refractivity contribution is 5.62.